The van der Waals surface area contributed by atoms with Crippen LogP contribution in [0.4, 0.5) is 0 Å². The summed E-state index contributed by atoms with van der Waals surface area (Å²) in [4.78, 5) is 11.8. The number of hydrogen-bond donors (Lipinski definition) is 1. The van der Waals surface area contributed by atoms with Crippen molar-refractivity contribution in [3.8, 4) is 0 Å². The molecule has 0 amide bonds. The summed E-state index contributed by atoms with van der Waals surface area (Å²) < 4.78 is 5.14. The first kappa shape index (κ1) is 12.1. The average molecular weight is 269 g/mol. The van der Waals surface area contributed by atoms with E-state index < -0.39 is 5.97 Å². The Morgan fingerprint density at radius 2 is 2.12 bits per heavy atom. The molecule has 0 fully saturated rings. The first-order chi connectivity index (χ1) is 8.18. The van der Waals surface area contributed by atoms with Gasteiger partial charge in [-0.2, -0.15) is 0 Å². The summed E-state index contributed by atoms with van der Waals surface area (Å²) >= 11 is 7.45. The fraction of sp³-hybridized carbons (Fsp3) is 0.0833. The molecular formula is C12H9ClO3S. The van der Waals surface area contributed by atoms with Gasteiger partial charge < -0.3 is 9.52 Å². The van der Waals surface area contributed by atoms with Crippen LogP contribution in [0.15, 0.2) is 45.9 Å². The Morgan fingerprint density at radius 1 is 1.35 bits per heavy atom. The molecule has 0 aliphatic carbocycles. The van der Waals surface area contributed by atoms with Gasteiger partial charge in [-0.25, -0.2) is 4.79 Å². The first-order valence-corrected chi connectivity index (χ1v) is 6.22. The number of hydrogen-bond acceptors (Lipinski definition) is 3. The van der Waals surface area contributed by atoms with E-state index in [9.17, 15) is 4.79 Å². The highest BCUT2D eigenvalue weighted by Crippen LogP contribution is 2.30. The van der Waals surface area contributed by atoms with Crippen LogP contribution in [-0.4, -0.2) is 11.1 Å². The molecule has 1 N–H and O–H groups in total. The van der Waals surface area contributed by atoms with Crippen LogP contribution in [0.25, 0.3) is 0 Å². The van der Waals surface area contributed by atoms with Gasteiger partial charge >= 0.3 is 5.97 Å². The molecule has 0 atom stereocenters. The number of furan rings is 1. The van der Waals surface area contributed by atoms with Crippen molar-refractivity contribution in [2.24, 2.45) is 0 Å². The minimum atomic E-state index is -0.978. The van der Waals surface area contributed by atoms with Gasteiger partial charge in [-0.1, -0.05) is 23.7 Å². The fourth-order valence-electron chi connectivity index (χ4n) is 1.35. The van der Waals surface area contributed by atoms with E-state index in [1.807, 2.05) is 18.2 Å². The number of thioether (sulfide) groups is 1. The van der Waals surface area contributed by atoms with Crippen molar-refractivity contribution in [3.63, 3.8) is 0 Å². The lowest BCUT2D eigenvalue weighted by molar-refractivity contribution is 0.0695. The van der Waals surface area contributed by atoms with E-state index in [2.05, 4.69) is 0 Å². The van der Waals surface area contributed by atoms with Gasteiger partial charge in [0.15, 0.2) is 0 Å². The van der Waals surface area contributed by atoms with Crippen LogP contribution in [0.2, 0.25) is 5.02 Å². The molecule has 1 aromatic heterocycles. The molecule has 17 heavy (non-hydrogen) atoms. The lowest BCUT2D eigenvalue weighted by atomic mass is 10.3. The molecule has 0 saturated carbocycles. The second-order valence-corrected chi connectivity index (χ2v) is 4.71. The van der Waals surface area contributed by atoms with E-state index in [-0.39, 0.29) is 5.56 Å². The zero-order chi connectivity index (χ0) is 12.3. The van der Waals surface area contributed by atoms with Crippen molar-refractivity contribution in [2.45, 2.75) is 10.6 Å². The Kier molecular flexibility index (Phi) is 3.76. The molecule has 0 unspecified atom stereocenters. The normalized spacial score (nSPS) is 10.4. The van der Waals surface area contributed by atoms with Gasteiger partial charge in [-0.05, 0) is 18.2 Å². The number of aromatic carboxylic acids is 1. The molecule has 0 radical (unpaired) electrons. The van der Waals surface area contributed by atoms with Crippen molar-refractivity contribution >= 4 is 29.3 Å². The highest BCUT2D eigenvalue weighted by atomic mass is 35.5. The average Bonchev–Trinajstić information content (AvgIpc) is 2.76. The fourth-order valence-corrected chi connectivity index (χ4v) is 2.54. The summed E-state index contributed by atoms with van der Waals surface area (Å²) in [6.45, 7) is 0. The van der Waals surface area contributed by atoms with Crippen LogP contribution >= 0.6 is 23.4 Å². The predicted octanol–water partition coefficient (Wildman–Crippen LogP) is 3.92. The molecule has 3 nitrogen and oxygen atoms in total. The summed E-state index contributed by atoms with van der Waals surface area (Å²) in [5.41, 5.74) is 0.199. The second-order valence-electron chi connectivity index (χ2n) is 3.28. The summed E-state index contributed by atoms with van der Waals surface area (Å²) in [6.07, 6.45) is 1.38. The largest absolute Gasteiger partial charge is 0.478 e. The molecule has 2 rings (SSSR count). The van der Waals surface area contributed by atoms with Crippen LogP contribution in [0, 0.1) is 0 Å². The molecule has 88 valence electrons. The molecule has 0 aliphatic rings. The van der Waals surface area contributed by atoms with Crippen LogP contribution in [-0.2, 0) is 5.75 Å². The van der Waals surface area contributed by atoms with E-state index in [1.54, 1.807) is 6.07 Å². The summed E-state index contributed by atoms with van der Waals surface area (Å²) in [7, 11) is 0. The standard InChI is InChI=1S/C12H9ClO3S/c13-9-3-1-2-4-11(9)17-7-10-8(12(14)15)5-6-16-10/h1-6H,7H2,(H,14,15). The Labute approximate surface area is 107 Å². The summed E-state index contributed by atoms with van der Waals surface area (Å²) in [6, 6.07) is 8.86. The Morgan fingerprint density at radius 3 is 2.82 bits per heavy atom. The van der Waals surface area contributed by atoms with Crippen LogP contribution in [0.3, 0.4) is 0 Å². The highest BCUT2D eigenvalue weighted by Gasteiger charge is 2.13. The minimum Gasteiger partial charge on any atom is -0.478 e. The zero-order valence-electron chi connectivity index (χ0n) is 8.72. The Bertz CT molecular complexity index is 536. The maximum Gasteiger partial charge on any atom is 0.339 e. The second kappa shape index (κ2) is 5.29. The number of carboxylic acid groups (broad SMARTS) is 1. The predicted molar refractivity (Wildman–Crippen MR) is 66.7 cm³/mol. The Hall–Kier alpha value is -1.39. The van der Waals surface area contributed by atoms with Gasteiger partial charge in [0.2, 0.25) is 0 Å². The molecule has 2 aromatic rings. The van der Waals surface area contributed by atoms with Gasteiger partial charge in [0.05, 0.1) is 17.0 Å². The monoisotopic (exact) mass is 268 g/mol. The highest BCUT2D eigenvalue weighted by molar-refractivity contribution is 7.98. The topological polar surface area (TPSA) is 50.4 Å². The number of halogens is 1. The lowest BCUT2D eigenvalue weighted by Gasteiger charge is -2.02. The zero-order valence-corrected chi connectivity index (χ0v) is 10.3. The third-order valence-electron chi connectivity index (χ3n) is 2.17. The number of carbonyl (C=O) groups is 1. The van der Waals surface area contributed by atoms with Crippen molar-refractivity contribution in [2.75, 3.05) is 0 Å². The van der Waals surface area contributed by atoms with Gasteiger partial charge in [-0.3, -0.25) is 0 Å². The third kappa shape index (κ3) is 2.84. The maximum atomic E-state index is 10.9. The van der Waals surface area contributed by atoms with Gasteiger partial charge in [-0.15, -0.1) is 11.8 Å². The third-order valence-corrected chi connectivity index (χ3v) is 3.69. The van der Waals surface area contributed by atoms with Crippen LogP contribution in [0.1, 0.15) is 16.1 Å². The molecule has 5 heteroatoms. The van der Waals surface area contributed by atoms with E-state index in [0.717, 1.165) is 4.90 Å². The van der Waals surface area contributed by atoms with Crippen molar-refractivity contribution < 1.29 is 14.3 Å². The van der Waals surface area contributed by atoms with Crippen molar-refractivity contribution in [3.05, 3.63) is 52.9 Å². The molecule has 0 spiro atoms. The first-order valence-electron chi connectivity index (χ1n) is 4.85. The van der Waals surface area contributed by atoms with Gasteiger partial charge in [0, 0.05) is 4.90 Å². The summed E-state index contributed by atoms with van der Waals surface area (Å²) in [5, 5.41) is 9.56. The van der Waals surface area contributed by atoms with E-state index >= 15 is 0 Å². The van der Waals surface area contributed by atoms with Gasteiger partial charge in [0.1, 0.15) is 11.3 Å². The number of carboxylic acids is 1. The van der Waals surface area contributed by atoms with Crippen molar-refractivity contribution in [1.82, 2.24) is 0 Å². The molecule has 0 aliphatic heterocycles. The minimum absolute atomic E-state index is 0.199. The van der Waals surface area contributed by atoms with Gasteiger partial charge in [0.25, 0.3) is 0 Å². The van der Waals surface area contributed by atoms with Crippen LogP contribution in [0.5, 0.6) is 0 Å². The smallest absolute Gasteiger partial charge is 0.339 e. The molecular weight excluding hydrogens is 260 g/mol. The molecule has 1 aromatic carbocycles. The molecule has 1 heterocycles. The summed E-state index contributed by atoms with van der Waals surface area (Å²) in [5.74, 6) is -0.0887. The number of benzene rings is 1. The lowest BCUT2D eigenvalue weighted by Crippen LogP contribution is -1.97. The maximum absolute atomic E-state index is 10.9. The van der Waals surface area contributed by atoms with E-state index in [1.165, 1.54) is 24.1 Å². The quantitative estimate of drug-likeness (QED) is 0.854. The SMILES string of the molecule is O=C(O)c1ccoc1CSc1ccccc1Cl. The van der Waals surface area contributed by atoms with E-state index in [0.29, 0.717) is 16.5 Å². The molecule has 0 saturated heterocycles. The molecule has 0 bridgehead atoms. The van der Waals surface area contributed by atoms with Crippen molar-refractivity contribution in [1.29, 1.82) is 0 Å². The Balaban J connectivity index is 2.10. The van der Waals surface area contributed by atoms with E-state index in [4.69, 9.17) is 21.1 Å². The van der Waals surface area contributed by atoms with Crippen LogP contribution < -0.4 is 0 Å². The number of rotatable bonds is 4.